The highest BCUT2D eigenvalue weighted by Gasteiger charge is 2.11. The molecule has 0 bridgehead atoms. The average Bonchev–Trinajstić information content (AvgIpc) is 3.20. The molecule has 34 heavy (non-hydrogen) atoms. The Bertz CT molecular complexity index is 1280. The van der Waals surface area contributed by atoms with Crippen molar-refractivity contribution in [1.29, 1.82) is 0 Å². The van der Waals surface area contributed by atoms with E-state index in [1.807, 2.05) is 54.6 Å². The Kier molecular flexibility index (Phi) is 7.76. The number of nitrogens with zero attached hydrogens (tertiary/aromatic N) is 2. The van der Waals surface area contributed by atoms with Gasteiger partial charge in [0.15, 0.2) is 0 Å². The lowest BCUT2D eigenvalue weighted by molar-refractivity contribution is -0.116. The Hall–Kier alpha value is -3.86. The maximum atomic E-state index is 12.2. The summed E-state index contributed by atoms with van der Waals surface area (Å²) in [6.07, 6.45) is 4.92. The number of ether oxygens (including phenoxy) is 1. The first-order valence-corrected chi connectivity index (χ1v) is 11.8. The molecule has 4 rings (SSSR count). The quantitative estimate of drug-likeness (QED) is 0.255. The van der Waals surface area contributed by atoms with Crippen molar-refractivity contribution in [2.75, 3.05) is 13.2 Å². The molecule has 1 heterocycles. The number of amides is 1. The highest BCUT2D eigenvalue weighted by atomic mass is 16.5. The fraction of sp³-hybridized carbons (Fsp3) is 0.241. The standard InChI is InChI=1S/C29H31N3O2/c1-22-13-14-23(2)27(21-22)34-20-8-19-32-26-12-7-6-11-25(26)31-28(32)17-18-30-29(33)16-15-24-9-4-3-5-10-24/h3-7,9-16,21H,8,17-20H2,1-2H3,(H,30,33)/b16-15+. The number of fused-ring (bicyclic) bond motifs is 1. The predicted molar refractivity (Wildman–Crippen MR) is 138 cm³/mol. The van der Waals surface area contributed by atoms with Crippen molar-refractivity contribution in [3.05, 3.63) is 101 Å². The van der Waals surface area contributed by atoms with Gasteiger partial charge in [0.2, 0.25) is 5.91 Å². The van der Waals surface area contributed by atoms with E-state index in [2.05, 4.69) is 48.0 Å². The Morgan fingerprint density at radius 1 is 1.03 bits per heavy atom. The Balaban J connectivity index is 1.34. The van der Waals surface area contributed by atoms with Crippen molar-refractivity contribution >= 4 is 23.0 Å². The maximum absolute atomic E-state index is 12.2. The first-order valence-electron chi connectivity index (χ1n) is 11.8. The highest BCUT2D eigenvalue weighted by molar-refractivity contribution is 5.91. The maximum Gasteiger partial charge on any atom is 0.244 e. The largest absolute Gasteiger partial charge is 0.493 e. The SMILES string of the molecule is Cc1ccc(C)c(OCCCn2c(CCNC(=O)/C=C/c3ccccc3)nc3ccccc32)c1. The first-order chi connectivity index (χ1) is 16.6. The molecule has 0 aliphatic carbocycles. The minimum Gasteiger partial charge on any atom is -0.493 e. The van der Waals surface area contributed by atoms with E-state index in [0.717, 1.165) is 46.7 Å². The van der Waals surface area contributed by atoms with Crippen molar-refractivity contribution in [3.8, 4) is 5.75 Å². The monoisotopic (exact) mass is 453 g/mol. The van der Waals surface area contributed by atoms with E-state index in [0.29, 0.717) is 19.6 Å². The minimum absolute atomic E-state index is 0.103. The molecular formula is C29H31N3O2. The summed E-state index contributed by atoms with van der Waals surface area (Å²) in [6.45, 7) is 6.12. The van der Waals surface area contributed by atoms with Gasteiger partial charge in [-0.2, -0.15) is 0 Å². The van der Waals surface area contributed by atoms with E-state index in [-0.39, 0.29) is 5.91 Å². The second-order valence-electron chi connectivity index (χ2n) is 8.42. The molecule has 0 aliphatic rings. The van der Waals surface area contributed by atoms with Gasteiger partial charge in [0.05, 0.1) is 17.6 Å². The number of imidazole rings is 1. The molecular weight excluding hydrogens is 422 g/mol. The number of carbonyl (C=O) groups excluding carboxylic acids is 1. The van der Waals surface area contributed by atoms with Crippen LogP contribution in [0.15, 0.2) is 78.9 Å². The number of hydrogen-bond donors (Lipinski definition) is 1. The number of para-hydroxylation sites is 2. The molecule has 1 aromatic heterocycles. The van der Waals surface area contributed by atoms with Crippen LogP contribution in [0.1, 0.15) is 28.9 Å². The third kappa shape index (κ3) is 6.13. The van der Waals surface area contributed by atoms with Crippen LogP contribution in [0.25, 0.3) is 17.1 Å². The number of hydrogen-bond acceptors (Lipinski definition) is 3. The molecule has 5 heteroatoms. The number of nitrogens with one attached hydrogen (secondary N) is 1. The predicted octanol–water partition coefficient (Wildman–Crippen LogP) is 5.49. The minimum atomic E-state index is -0.103. The molecule has 4 aromatic rings. The first kappa shape index (κ1) is 23.3. The zero-order valence-corrected chi connectivity index (χ0v) is 19.8. The summed E-state index contributed by atoms with van der Waals surface area (Å²) < 4.78 is 8.29. The summed E-state index contributed by atoms with van der Waals surface area (Å²) in [5.41, 5.74) is 5.44. The van der Waals surface area contributed by atoms with Crippen LogP contribution in [0.2, 0.25) is 0 Å². The van der Waals surface area contributed by atoms with Crippen LogP contribution in [0.4, 0.5) is 0 Å². The summed E-state index contributed by atoms with van der Waals surface area (Å²) >= 11 is 0. The topological polar surface area (TPSA) is 56.1 Å². The zero-order valence-electron chi connectivity index (χ0n) is 19.8. The van der Waals surface area contributed by atoms with Gasteiger partial charge in [-0.05, 0) is 61.2 Å². The Morgan fingerprint density at radius 3 is 2.68 bits per heavy atom. The number of carbonyl (C=O) groups is 1. The van der Waals surface area contributed by atoms with E-state index in [9.17, 15) is 4.79 Å². The number of aryl methyl sites for hydroxylation is 3. The van der Waals surface area contributed by atoms with E-state index in [1.54, 1.807) is 6.08 Å². The molecule has 3 aromatic carbocycles. The van der Waals surface area contributed by atoms with Crippen molar-refractivity contribution in [1.82, 2.24) is 14.9 Å². The summed E-state index contributed by atoms with van der Waals surface area (Å²) in [6, 6.07) is 24.2. The molecule has 0 saturated carbocycles. The van der Waals surface area contributed by atoms with Crippen molar-refractivity contribution in [3.63, 3.8) is 0 Å². The van der Waals surface area contributed by atoms with Gasteiger partial charge < -0.3 is 14.6 Å². The molecule has 0 atom stereocenters. The lowest BCUT2D eigenvalue weighted by Gasteiger charge is -2.12. The molecule has 5 nitrogen and oxygen atoms in total. The van der Waals surface area contributed by atoms with Gasteiger partial charge in [-0.1, -0.05) is 54.6 Å². The summed E-state index contributed by atoms with van der Waals surface area (Å²) in [5.74, 6) is 1.82. The van der Waals surface area contributed by atoms with Gasteiger partial charge in [-0.15, -0.1) is 0 Å². The third-order valence-electron chi connectivity index (χ3n) is 5.74. The van der Waals surface area contributed by atoms with Crippen molar-refractivity contribution in [2.45, 2.75) is 33.2 Å². The number of benzene rings is 3. The van der Waals surface area contributed by atoms with Crippen LogP contribution in [0.5, 0.6) is 5.75 Å². The number of rotatable bonds is 10. The normalized spacial score (nSPS) is 11.2. The van der Waals surface area contributed by atoms with Crippen LogP contribution < -0.4 is 10.1 Å². The Labute approximate surface area is 201 Å². The lowest BCUT2D eigenvalue weighted by Crippen LogP contribution is -2.24. The van der Waals surface area contributed by atoms with Crippen LogP contribution in [-0.4, -0.2) is 28.6 Å². The van der Waals surface area contributed by atoms with Gasteiger partial charge >= 0.3 is 0 Å². The fourth-order valence-corrected chi connectivity index (χ4v) is 3.93. The van der Waals surface area contributed by atoms with E-state index >= 15 is 0 Å². The van der Waals surface area contributed by atoms with Crippen LogP contribution in [-0.2, 0) is 17.8 Å². The molecule has 0 radical (unpaired) electrons. The Morgan fingerprint density at radius 2 is 1.82 bits per heavy atom. The molecule has 0 saturated heterocycles. The van der Waals surface area contributed by atoms with Gasteiger partial charge in [0.1, 0.15) is 11.6 Å². The van der Waals surface area contributed by atoms with Gasteiger partial charge in [-0.3, -0.25) is 4.79 Å². The van der Waals surface area contributed by atoms with Crippen molar-refractivity contribution < 1.29 is 9.53 Å². The smallest absolute Gasteiger partial charge is 0.244 e. The van der Waals surface area contributed by atoms with Crippen LogP contribution >= 0.6 is 0 Å². The fourth-order valence-electron chi connectivity index (χ4n) is 3.93. The van der Waals surface area contributed by atoms with Gasteiger partial charge in [0, 0.05) is 25.6 Å². The van der Waals surface area contributed by atoms with Crippen molar-refractivity contribution in [2.24, 2.45) is 0 Å². The zero-order chi connectivity index (χ0) is 23.8. The van der Waals surface area contributed by atoms with Gasteiger partial charge in [-0.25, -0.2) is 4.98 Å². The number of aromatic nitrogens is 2. The summed E-state index contributed by atoms with van der Waals surface area (Å²) in [5, 5.41) is 2.97. The molecule has 0 aliphatic heterocycles. The molecule has 1 amide bonds. The lowest BCUT2D eigenvalue weighted by atomic mass is 10.1. The molecule has 0 fully saturated rings. The van der Waals surface area contributed by atoms with E-state index in [4.69, 9.17) is 9.72 Å². The second kappa shape index (κ2) is 11.3. The third-order valence-corrected chi connectivity index (χ3v) is 5.74. The second-order valence-corrected chi connectivity index (χ2v) is 8.42. The van der Waals surface area contributed by atoms with E-state index < -0.39 is 0 Å². The molecule has 174 valence electrons. The average molecular weight is 454 g/mol. The van der Waals surface area contributed by atoms with Gasteiger partial charge in [0.25, 0.3) is 0 Å². The molecule has 1 N–H and O–H groups in total. The van der Waals surface area contributed by atoms with E-state index in [1.165, 1.54) is 5.56 Å². The molecule has 0 spiro atoms. The highest BCUT2D eigenvalue weighted by Crippen LogP contribution is 2.20. The summed E-state index contributed by atoms with van der Waals surface area (Å²) in [7, 11) is 0. The summed E-state index contributed by atoms with van der Waals surface area (Å²) in [4.78, 5) is 17.0. The van der Waals surface area contributed by atoms with Crippen LogP contribution in [0.3, 0.4) is 0 Å². The van der Waals surface area contributed by atoms with Crippen LogP contribution in [0, 0.1) is 13.8 Å². The molecule has 0 unspecified atom stereocenters.